The van der Waals surface area contributed by atoms with Crippen LogP contribution in [0.5, 0.6) is 0 Å². The lowest BCUT2D eigenvalue weighted by atomic mass is 10.3. The quantitative estimate of drug-likeness (QED) is 0.673. The van der Waals surface area contributed by atoms with Crippen molar-refractivity contribution in [1.82, 2.24) is 29.3 Å². The van der Waals surface area contributed by atoms with Crippen molar-refractivity contribution in [3.63, 3.8) is 0 Å². The number of hydrogen-bond acceptors (Lipinski definition) is 5. The molecular weight excluding hydrogens is 326 g/mol. The van der Waals surface area contributed by atoms with Crippen LogP contribution in [-0.4, -0.2) is 46.3 Å². The summed E-state index contributed by atoms with van der Waals surface area (Å²) in [7, 11) is 1.86. The van der Waals surface area contributed by atoms with Crippen LogP contribution in [0.3, 0.4) is 0 Å². The highest BCUT2D eigenvalue weighted by molar-refractivity contribution is 5.90. The smallest absolute Gasteiger partial charge is 0.356 e. The van der Waals surface area contributed by atoms with Gasteiger partial charge >= 0.3 is 5.97 Å². The van der Waals surface area contributed by atoms with Gasteiger partial charge in [-0.05, 0) is 13.0 Å². The SMILES string of the molecule is Cc1nn(C)cc1Cn1cc(NC(=O)Cn2ccc(C(=O)O)n2)cn1. The fraction of sp³-hybridized carbons (Fsp3) is 0.267. The van der Waals surface area contributed by atoms with Gasteiger partial charge in [0.2, 0.25) is 5.91 Å². The summed E-state index contributed by atoms with van der Waals surface area (Å²) in [4.78, 5) is 22.8. The zero-order valence-electron chi connectivity index (χ0n) is 13.7. The van der Waals surface area contributed by atoms with E-state index in [1.165, 1.54) is 16.9 Å². The Morgan fingerprint density at radius 3 is 2.68 bits per heavy atom. The largest absolute Gasteiger partial charge is 0.476 e. The van der Waals surface area contributed by atoms with Gasteiger partial charge in [-0.3, -0.25) is 18.8 Å². The van der Waals surface area contributed by atoms with Crippen molar-refractivity contribution < 1.29 is 14.7 Å². The summed E-state index contributed by atoms with van der Waals surface area (Å²) >= 11 is 0. The minimum atomic E-state index is -1.13. The number of nitrogens with zero attached hydrogens (tertiary/aromatic N) is 6. The van der Waals surface area contributed by atoms with Crippen molar-refractivity contribution >= 4 is 17.6 Å². The molecule has 10 heteroatoms. The molecule has 3 rings (SSSR count). The number of rotatable bonds is 6. The van der Waals surface area contributed by atoms with E-state index in [0.717, 1.165) is 11.3 Å². The molecule has 0 atom stereocenters. The molecule has 0 unspecified atom stereocenters. The maximum absolute atomic E-state index is 12.0. The molecule has 25 heavy (non-hydrogen) atoms. The van der Waals surface area contributed by atoms with Crippen LogP contribution in [0.4, 0.5) is 5.69 Å². The second kappa shape index (κ2) is 6.59. The highest BCUT2D eigenvalue weighted by Crippen LogP contribution is 2.10. The zero-order chi connectivity index (χ0) is 18.0. The van der Waals surface area contributed by atoms with Crippen molar-refractivity contribution in [2.45, 2.75) is 20.0 Å². The lowest BCUT2D eigenvalue weighted by Gasteiger charge is -2.02. The summed E-state index contributed by atoms with van der Waals surface area (Å²) in [5, 5.41) is 23.8. The molecule has 0 fully saturated rings. The van der Waals surface area contributed by atoms with Crippen LogP contribution in [0.2, 0.25) is 0 Å². The molecule has 0 radical (unpaired) electrons. The summed E-state index contributed by atoms with van der Waals surface area (Å²) in [5.74, 6) is -1.46. The maximum Gasteiger partial charge on any atom is 0.356 e. The predicted octanol–water partition coefficient (Wildman–Crippen LogP) is 0.507. The molecule has 2 N–H and O–H groups in total. The van der Waals surface area contributed by atoms with E-state index in [1.54, 1.807) is 21.8 Å². The highest BCUT2D eigenvalue weighted by atomic mass is 16.4. The molecule has 3 aromatic heterocycles. The average Bonchev–Trinajstić information content (AvgIpc) is 3.22. The molecule has 0 saturated heterocycles. The molecule has 0 aliphatic heterocycles. The Balaban J connectivity index is 1.59. The third-order valence-corrected chi connectivity index (χ3v) is 3.53. The number of carboxylic acid groups (broad SMARTS) is 1. The lowest BCUT2D eigenvalue weighted by molar-refractivity contribution is -0.116. The molecule has 0 spiro atoms. The molecule has 130 valence electrons. The van der Waals surface area contributed by atoms with Gasteiger partial charge in [-0.15, -0.1) is 0 Å². The summed E-state index contributed by atoms with van der Waals surface area (Å²) < 4.78 is 4.71. The normalized spacial score (nSPS) is 10.8. The number of aromatic carboxylic acids is 1. The van der Waals surface area contributed by atoms with Gasteiger partial charge in [-0.1, -0.05) is 0 Å². The monoisotopic (exact) mass is 343 g/mol. The van der Waals surface area contributed by atoms with Crippen LogP contribution in [0.15, 0.2) is 30.9 Å². The lowest BCUT2D eigenvalue weighted by Crippen LogP contribution is -2.19. The molecule has 0 saturated carbocycles. The number of anilines is 1. The molecular formula is C15H17N7O3. The van der Waals surface area contributed by atoms with Gasteiger partial charge in [0.05, 0.1) is 24.1 Å². The van der Waals surface area contributed by atoms with Crippen molar-refractivity contribution in [2.75, 3.05) is 5.32 Å². The van der Waals surface area contributed by atoms with Crippen molar-refractivity contribution in [3.05, 3.63) is 47.8 Å². The molecule has 0 aliphatic carbocycles. The first kappa shape index (κ1) is 16.4. The number of carbonyl (C=O) groups is 2. The second-order valence-corrected chi connectivity index (χ2v) is 5.59. The van der Waals surface area contributed by atoms with E-state index in [1.807, 2.05) is 20.2 Å². The molecule has 10 nitrogen and oxygen atoms in total. The summed E-state index contributed by atoms with van der Waals surface area (Å²) in [5.41, 5.74) is 2.42. The molecule has 0 aromatic carbocycles. The van der Waals surface area contributed by atoms with Gasteiger partial charge in [0.25, 0.3) is 0 Å². The van der Waals surface area contributed by atoms with Crippen molar-refractivity contribution in [2.24, 2.45) is 7.05 Å². The minimum Gasteiger partial charge on any atom is -0.476 e. The highest BCUT2D eigenvalue weighted by Gasteiger charge is 2.11. The Bertz CT molecular complexity index is 921. The van der Waals surface area contributed by atoms with Crippen LogP contribution in [-0.2, 0) is 24.9 Å². The van der Waals surface area contributed by atoms with E-state index in [4.69, 9.17) is 5.11 Å². The van der Waals surface area contributed by atoms with E-state index in [-0.39, 0.29) is 18.1 Å². The van der Waals surface area contributed by atoms with E-state index in [0.29, 0.717) is 12.2 Å². The van der Waals surface area contributed by atoms with Crippen LogP contribution >= 0.6 is 0 Å². The van der Waals surface area contributed by atoms with Gasteiger partial charge in [0, 0.05) is 31.2 Å². The molecule has 3 heterocycles. The van der Waals surface area contributed by atoms with Gasteiger partial charge in [0.15, 0.2) is 5.69 Å². The van der Waals surface area contributed by atoms with Crippen LogP contribution in [0.25, 0.3) is 0 Å². The van der Waals surface area contributed by atoms with Gasteiger partial charge in [-0.2, -0.15) is 15.3 Å². The van der Waals surface area contributed by atoms with Crippen LogP contribution < -0.4 is 5.32 Å². The molecule has 0 bridgehead atoms. The summed E-state index contributed by atoms with van der Waals surface area (Å²) in [6, 6.07) is 1.34. The average molecular weight is 343 g/mol. The first-order valence-corrected chi connectivity index (χ1v) is 7.49. The number of carbonyl (C=O) groups excluding carboxylic acids is 1. The Kier molecular flexibility index (Phi) is 4.33. The number of amides is 1. The van der Waals surface area contributed by atoms with Gasteiger partial charge in [0.1, 0.15) is 6.54 Å². The molecule has 3 aromatic rings. The first-order chi connectivity index (χ1) is 11.9. The number of aryl methyl sites for hydroxylation is 2. The third-order valence-electron chi connectivity index (χ3n) is 3.53. The van der Waals surface area contributed by atoms with E-state index >= 15 is 0 Å². The minimum absolute atomic E-state index is 0.0832. The standard InChI is InChI=1S/C15H17N7O3/c1-10-11(6-20(2)18-10)7-22-8-12(5-16-22)17-14(23)9-21-4-3-13(19-21)15(24)25/h3-6,8H,7,9H2,1-2H3,(H,17,23)(H,24,25). The van der Waals surface area contributed by atoms with Crippen molar-refractivity contribution in [1.29, 1.82) is 0 Å². The van der Waals surface area contributed by atoms with E-state index in [2.05, 4.69) is 20.6 Å². The number of aromatic nitrogens is 6. The first-order valence-electron chi connectivity index (χ1n) is 7.49. The second-order valence-electron chi connectivity index (χ2n) is 5.59. The number of nitrogens with one attached hydrogen (secondary N) is 1. The van der Waals surface area contributed by atoms with E-state index in [9.17, 15) is 9.59 Å². The van der Waals surface area contributed by atoms with E-state index < -0.39 is 5.97 Å². The van der Waals surface area contributed by atoms with Gasteiger partial charge in [-0.25, -0.2) is 4.79 Å². The molecule has 0 aliphatic rings. The Morgan fingerprint density at radius 2 is 2.04 bits per heavy atom. The Hall–Kier alpha value is -3.43. The Morgan fingerprint density at radius 1 is 1.24 bits per heavy atom. The summed E-state index contributed by atoms with van der Waals surface area (Å²) in [6.45, 7) is 2.40. The fourth-order valence-electron chi connectivity index (χ4n) is 2.40. The summed E-state index contributed by atoms with van der Waals surface area (Å²) in [6.07, 6.45) is 6.64. The predicted molar refractivity (Wildman–Crippen MR) is 87.1 cm³/mol. The molecule has 1 amide bonds. The topological polar surface area (TPSA) is 120 Å². The zero-order valence-corrected chi connectivity index (χ0v) is 13.7. The fourth-order valence-corrected chi connectivity index (χ4v) is 2.40. The maximum atomic E-state index is 12.0. The third kappa shape index (κ3) is 3.91. The van der Waals surface area contributed by atoms with Gasteiger partial charge < -0.3 is 10.4 Å². The number of carboxylic acids is 1. The number of hydrogen-bond donors (Lipinski definition) is 2. The Labute approximate surface area is 142 Å². The van der Waals surface area contributed by atoms with Crippen LogP contribution in [0, 0.1) is 6.92 Å². The van der Waals surface area contributed by atoms with Crippen LogP contribution in [0.1, 0.15) is 21.7 Å². The van der Waals surface area contributed by atoms with Crippen molar-refractivity contribution in [3.8, 4) is 0 Å².